The molecule has 1 atom stereocenters. The van der Waals surface area contributed by atoms with E-state index in [4.69, 9.17) is 10.5 Å². The lowest BCUT2D eigenvalue weighted by molar-refractivity contribution is -0.112. The van der Waals surface area contributed by atoms with Crippen LogP contribution in [-0.2, 0) is 15.1 Å². The van der Waals surface area contributed by atoms with E-state index in [1.807, 2.05) is 31.2 Å². The van der Waals surface area contributed by atoms with E-state index in [1.54, 1.807) is 0 Å². The summed E-state index contributed by atoms with van der Waals surface area (Å²) in [5.74, 6) is 0. The molecular weight excluding hydrogens is 228 g/mol. The maximum atomic E-state index is 11.1. The third-order valence-corrected chi connectivity index (χ3v) is 3.58. The molecule has 98 valence electrons. The molecule has 0 amide bonds. The number of hydrogen-bond acceptors (Lipinski definition) is 4. The highest BCUT2D eigenvalue weighted by Gasteiger charge is 2.24. The first-order valence-corrected chi connectivity index (χ1v) is 6.38. The Bertz CT molecular complexity index is 399. The van der Waals surface area contributed by atoms with Crippen molar-refractivity contribution in [2.75, 3.05) is 31.2 Å². The molecule has 18 heavy (non-hydrogen) atoms. The number of anilines is 1. The third kappa shape index (κ3) is 2.54. The summed E-state index contributed by atoms with van der Waals surface area (Å²) in [6.07, 6.45) is 1.43. The summed E-state index contributed by atoms with van der Waals surface area (Å²) in [6, 6.07) is 7.95. The molecule has 0 saturated carbocycles. The first kappa shape index (κ1) is 13.1. The quantitative estimate of drug-likeness (QED) is 0.816. The first-order valence-electron chi connectivity index (χ1n) is 6.38. The van der Waals surface area contributed by atoms with Gasteiger partial charge in [0.25, 0.3) is 0 Å². The molecule has 4 nitrogen and oxygen atoms in total. The molecule has 1 fully saturated rings. The lowest BCUT2D eigenvalue weighted by Crippen LogP contribution is -2.38. The number of aldehydes is 1. The molecule has 0 spiro atoms. The van der Waals surface area contributed by atoms with E-state index in [2.05, 4.69) is 4.90 Å². The van der Waals surface area contributed by atoms with Crippen molar-refractivity contribution in [1.29, 1.82) is 0 Å². The zero-order valence-electron chi connectivity index (χ0n) is 10.8. The number of rotatable bonds is 4. The van der Waals surface area contributed by atoms with Gasteiger partial charge in [-0.15, -0.1) is 0 Å². The summed E-state index contributed by atoms with van der Waals surface area (Å²) < 4.78 is 5.33. The van der Waals surface area contributed by atoms with Gasteiger partial charge in [-0.05, 0) is 24.1 Å². The van der Waals surface area contributed by atoms with Crippen molar-refractivity contribution >= 4 is 12.0 Å². The second kappa shape index (κ2) is 5.50. The number of carbonyl (C=O) groups is 1. The minimum Gasteiger partial charge on any atom is -0.378 e. The highest BCUT2D eigenvalue weighted by Crippen LogP contribution is 2.23. The molecule has 1 saturated heterocycles. The van der Waals surface area contributed by atoms with Crippen LogP contribution in [0.2, 0.25) is 0 Å². The molecule has 2 N–H and O–H groups in total. The fourth-order valence-corrected chi connectivity index (χ4v) is 2.16. The van der Waals surface area contributed by atoms with E-state index in [9.17, 15) is 4.79 Å². The van der Waals surface area contributed by atoms with E-state index in [-0.39, 0.29) is 0 Å². The van der Waals surface area contributed by atoms with Crippen LogP contribution < -0.4 is 10.6 Å². The van der Waals surface area contributed by atoms with Gasteiger partial charge in [0.05, 0.1) is 18.8 Å². The van der Waals surface area contributed by atoms with Crippen molar-refractivity contribution in [2.45, 2.75) is 18.9 Å². The predicted octanol–water partition coefficient (Wildman–Crippen LogP) is 1.29. The predicted molar refractivity (Wildman–Crippen MR) is 71.7 cm³/mol. The van der Waals surface area contributed by atoms with Crippen LogP contribution in [0.25, 0.3) is 0 Å². The van der Waals surface area contributed by atoms with Gasteiger partial charge in [0.15, 0.2) is 0 Å². The molecule has 1 aliphatic rings. The number of ether oxygens (including phenoxy) is 1. The van der Waals surface area contributed by atoms with Crippen LogP contribution in [0.1, 0.15) is 18.9 Å². The van der Waals surface area contributed by atoms with E-state index in [1.165, 1.54) is 0 Å². The van der Waals surface area contributed by atoms with E-state index >= 15 is 0 Å². The molecular formula is C14H20N2O2. The van der Waals surface area contributed by atoms with Crippen molar-refractivity contribution < 1.29 is 9.53 Å². The monoisotopic (exact) mass is 248 g/mol. The molecule has 2 rings (SSSR count). The molecule has 0 radical (unpaired) electrons. The van der Waals surface area contributed by atoms with Gasteiger partial charge in [-0.2, -0.15) is 0 Å². The fourth-order valence-electron chi connectivity index (χ4n) is 2.16. The number of morpholine rings is 1. The van der Waals surface area contributed by atoms with Gasteiger partial charge in [0.1, 0.15) is 6.29 Å². The van der Waals surface area contributed by atoms with Gasteiger partial charge in [-0.1, -0.05) is 19.1 Å². The van der Waals surface area contributed by atoms with E-state index in [0.717, 1.165) is 43.8 Å². The molecule has 0 aromatic heterocycles. The Morgan fingerprint density at radius 1 is 1.33 bits per heavy atom. The highest BCUT2D eigenvalue weighted by atomic mass is 16.5. The van der Waals surface area contributed by atoms with Crippen LogP contribution in [0.3, 0.4) is 0 Å². The summed E-state index contributed by atoms with van der Waals surface area (Å²) in [7, 11) is 0. The van der Waals surface area contributed by atoms with Crippen LogP contribution in [0.15, 0.2) is 24.3 Å². The fraction of sp³-hybridized carbons (Fsp3) is 0.500. The van der Waals surface area contributed by atoms with Crippen molar-refractivity contribution in [1.82, 2.24) is 0 Å². The largest absolute Gasteiger partial charge is 0.378 e. The molecule has 0 aliphatic carbocycles. The summed E-state index contributed by atoms with van der Waals surface area (Å²) in [5, 5.41) is 0. The second-order valence-electron chi connectivity index (χ2n) is 4.66. The van der Waals surface area contributed by atoms with Gasteiger partial charge in [-0.25, -0.2) is 0 Å². The SMILES string of the molecule is CCC(N)(C=O)c1ccc(N2CCOCC2)cc1. The van der Waals surface area contributed by atoms with Crippen LogP contribution >= 0.6 is 0 Å². The Morgan fingerprint density at radius 2 is 1.94 bits per heavy atom. The van der Waals surface area contributed by atoms with Crippen molar-refractivity contribution in [3.05, 3.63) is 29.8 Å². The van der Waals surface area contributed by atoms with Crippen molar-refractivity contribution in [3.63, 3.8) is 0 Å². The summed E-state index contributed by atoms with van der Waals surface area (Å²) in [5.41, 5.74) is 7.22. The van der Waals surface area contributed by atoms with Crippen LogP contribution in [0.4, 0.5) is 5.69 Å². The average Bonchev–Trinajstić information content (AvgIpc) is 2.47. The minimum atomic E-state index is -0.858. The number of carbonyl (C=O) groups excluding carboxylic acids is 1. The van der Waals surface area contributed by atoms with Gasteiger partial charge >= 0.3 is 0 Å². The number of benzene rings is 1. The third-order valence-electron chi connectivity index (χ3n) is 3.58. The molecule has 0 bridgehead atoms. The zero-order chi connectivity index (χ0) is 13.0. The number of nitrogens with two attached hydrogens (primary N) is 1. The molecule has 1 unspecified atom stereocenters. The Morgan fingerprint density at radius 3 is 2.44 bits per heavy atom. The number of hydrogen-bond donors (Lipinski definition) is 1. The maximum absolute atomic E-state index is 11.1. The van der Waals surface area contributed by atoms with Crippen molar-refractivity contribution in [2.24, 2.45) is 5.73 Å². The average molecular weight is 248 g/mol. The Balaban J connectivity index is 2.16. The lowest BCUT2D eigenvalue weighted by atomic mass is 9.90. The van der Waals surface area contributed by atoms with Crippen LogP contribution in [-0.4, -0.2) is 32.6 Å². The van der Waals surface area contributed by atoms with Gasteiger partial charge < -0.3 is 20.2 Å². The Labute approximate surface area is 108 Å². The second-order valence-corrected chi connectivity index (χ2v) is 4.66. The molecule has 4 heteroatoms. The van der Waals surface area contributed by atoms with Gasteiger partial charge in [0.2, 0.25) is 0 Å². The molecule has 1 heterocycles. The van der Waals surface area contributed by atoms with Crippen LogP contribution in [0, 0.1) is 0 Å². The smallest absolute Gasteiger partial charge is 0.144 e. The Kier molecular flexibility index (Phi) is 3.99. The normalized spacial score (nSPS) is 19.3. The van der Waals surface area contributed by atoms with E-state index in [0.29, 0.717) is 6.42 Å². The van der Waals surface area contributed by atoms with Gasteiger partial charge in [0, 0.05) is 18.8 Å². The topological polar surface area (TPSA) is 55.6 Å². The highest BCUT2D eigenvalue weighted by molar-refractivity contribution is 5.68. The standard InChI is InChI=1S/C14H20N2O2/c1-2-14(15,11-17)12-3-5-13(6-4-12)16-7-9-18-10-8-16/h3-6,11H,2,7-10,15H2,1H3. The number of nitrogens with zero attached hydrogens (tertiary/aromatic N) is 1. The maximum Gasteiger partial charge on any atom is 0.144 e. The van der Waals surface area contributed by atoms with E-state index < -0.39 is 5.54 Å². The minimum absolute atomic E-state index is 0.605. The van der Waals surface area contributed by atoms with Gasteiger partial charge in [-0.3, -0.25) is 0 Å². The Hall–Kier alpha value is -1.39. The molecule has 1 aromatic carbocycles. The summed E-state index contributed by atoms with van der Waals surface area (Å²) in [4.78, 5) is 13.4. The van der Waals surface area contributed by atoms with Crippen molar-refractivity contribution in [3.8, 4) is 0 Å². The molecule has 1 aliphatic heterocycles. The summed E-state index contributed by atoms with van der Waals surface area (Å²) in [6.45, 7) is 5.28. The molecule has 1 aromatic rings. The summed E-state index contributed by atoms with van der Waals surface area (Å²) >= 11 is 0. The lowest BCUT2D eigenvalue weighted by Gasteiger charge is -2.29. The zero-order valence-corrected chi connectivity index (χ0v) is 10.8. The van der Waals surface area contributed by atoms with Crippen LogP contribution in [0.5, 0.6) is 0 Å². The first-order chi connectivity index (χ1) is 8.69.